The van der Waals surface area contributed by atoms with Gasteiger partial charge in [-0.15, -0.1) is 23.4 Å². The molecule has 1 amide bonds. The zero-order valence-electron chi connectivity index (χ0n) is 19.6. The summed E-state index contributed by atoms with van der Waals surface area (Å²) in [7, 11) is 0. The van der Waals surface area contributed by atoms with Crippen molar-refractivity contribution in [2.75, 3.05) is 6.54 Å². The molecule has 14 heteroatoms. The molecule has 1 aliphatic heterocycles. The summed E-state index contributed by atoms with van der Waals surface area (Å²) in [5, 5.41) is 15.7. The lowest BCUT2D eigenvalue weighted by Crippen LogP contribution is -2.41. The van der Waals surface area contributed by atoms with Crippen molar-refractivity contribution in [2.24, 2.45) is 0 Å². The summed E-state index contributed by atoms with van der Waals surface area (Å²) >= 11 is 0. The third-order valence-corrected chi connectivity index (χ3v) is 6.32. The van der Waals surface area contributed by atoms with Crippen molar-refractivity contribution in [1.29, 1.82) is 0 Å². The van der Waals surface area contributed by atoms with E-state index in [0.717, 1.165) is 29.0 Å². The van der Waals surface area contributed by atoms with E-state index >= 15 is 0 Å². The summed E-state index contributed by atoms with van der Waals surface area (Å²) in [6.07, 6.45) is -0.0319. The lowest BCUT2D eigenvalue weighted by molar-refractivity contribution is -0.212. The Balaban J connectivity index is 1.37. The predicted molar refractivity (Wildman–Crippen MR) is 121 cm³/mol. The molecular weight excluding hydrogens is 491 g/mol. The van der Waals surface area contributed by atoms with Crippen LogP contribution in [0, 0.1) is 0 Å². The van der Waals surface area contributed by atoms with Crippen LogP contribution in [0.15, 0.2) is 47.4 Å². The van der Waals surface area contributed by atoms with Crippen molar-refractivity contribution in [3.63, 3.8) is 0 Å². The first-order valence-electron chi connectivity index (χ1n) is 11.5. The van der Waals surface area contributed by atoms with Crippen LogP contribution in [0.25, 0.3) is 17.1 Å². The number of aromatic nitrogens is 8. The average Bonchev–Trinajstić information content (AvgIpc) is 3.66. The van der Waals surface area contributed by atoms with Crippen molar-refractivity contribution in [3.05, 3.63) is 71.5 Å². The smallest absolute Gasteiger partial charge is 0.411 e. The number of carbonyl (C=O) groups is 1. The van der Waals surface area contributed by atoms with Crippen LogP contribution < -0.4 is 0 Å². The Kier molecular flexibility index (Phi) is 5.14. The zero-order chi connectivity index (χ0) is 25.9. The van der Waals surface area contributed by atoms with Crippen molar-refractivity contribution in [3.8, 4) is 11.6 Å². The lowest BCUT2D eigenvalue weighted by Gasteiger charge is -2.32. The number of nitrogens with one attached hydrogen (secondary N) is 1. The number of nitrogens with zero attached hydrogens (tertiary/aromatic N) is 8. The number of alkyl halides is 3. The van der Waals surface area contributed by atoms with Crippen molar-refractivity contribution >= 4 is 11.4 Å². The zero-order valence-corrected chi connectivity index (χ0v) is 19.6. The van der Waals surface area contributed by atoms with E-state index in [2.05, 4.69) is 39.1 Å². The van der Waals surface area contributed by atoms with E-state index in [4.69, 9.17) is 9.52 Å². The fourth-order valence-electron chi connectivity index (χ4n) is 4.59. The molecular formula is C23H20F3N9O2. The Morgan fingerprint density at radius 2 is 2.03 bits per heavy atom. The molecule has 190 valence electrons. The van der Waals surface area contributed by atoms with Crippen molar-refractivity contribution < 1.29 is 22.4 Å². The van der Waals surface area contributed by atoms with Crippen LogP contribution in [0.3, 0.4) is 0 Å². The maximum atomic E-state index is 13.6. The highest BCUT2D eigenvalue weighted by atomic mass is 19.4. The average molecular weight is 511 g/mol. The number of imidazole rings is 1. The first kappa shape index (κ1) is 22.9. The van der Waals surface area contributed by atoms with Crippen LogP contribution in [0.1, 0.15) is 59.1 Å². The number of H-pyrrole nitrogens is 1. The molecule has 0 bridgehead atoms. The molecule has 11 nitrogen and oxygen atoms in total. The molecule has 0 saturated heterocycles. The maximum Gasteiger partial charge on any atom is 0.504 e. The monoisotopic (exact) mass is 511 g/mol. The third-order valence-electron chi connectivity index (χ3n) is 6.32. The molecule has 1 atom stereocenters. The minimum absolute atomic E-state index is 0.178. The standard InChI is InChI=1S/C23H20F3N9O2/c1-12(2)13-4-3-7-34-17(13)10-16(31-34)19-18-14(27-11-28-18)5-8-33(19)22(36)21-30-29-20(37-21)15-6-9-35(32-15)23(24,25)26/h3-4,6-7,9-12,19H,5,8H2,1-2H3,(H,27,28). The second kappa shape index (κ2) is 8.28. The molecule has 1 N–H and O–H groups in total. The first-order valence-corrected chi connectivity index (χ1v) is 11.5. The fourth-order valence-corrected chi connectivity index (χ4v) is 4.59. The largest absolute Gasteiger partial charge is 0.504 e. The minimum Gasteiger partial charge on any atom is -0.411 e. The van der Waals surface area contributed by atoms with E-state index in [1.165, 1.54) is 4.90 Å². The molecule has 1 aliphatic rings. The number of pyridine rings is 1. The predicted octanol–water partition coefficient (Wildman–Crippen LogP) is 3.69. The summed E-state index contributed by atoms with van der Waals surface area (Å²) in [5.41, 5.74) is 3.98. The number of amides is 1. The van der Waals surface area contributed by atoms with Gasteiger partial charge in [-0.3, -0.25) is 4.79 Å². The minimum atomic E-state index is -4.69. The molecule has 1 unspecified atom stereocenters. The van der Waals surface area contributed by atoms with Crippen LogP contribution >= 0.6 is 0 Å². The Bertz CT molecular complexity index is 1610. The van der Waals surface area contributed by atoms with Gasteiger partial charge in [-0.2, -0.15) is 14.9 Å². The number of carbonyl (C=O) groups excluding carboxylic acids is 1. The van der Waals surface area contributed by atoms with Gasteiger partial charge in [0.25, 0.3) is 5.89 Å². The van der Waals surface area contributed by atoms with E-state index in [-0.39, 0.29) is 28.1 Å². The second-order valence-corrected chi connectivity index (χ2v) is 8.96. The van der Waals surface area contributed by atoms with Gasteiger partial charge in [-0.1, -0.05) is 19.9 Å². The number of fused-ring (bicyclic) bond motifs is 2. The van der Waals surface area contributed by atoms with Crippen molar-refractivity contribution in [2.45, 2.75) is 38.5 Å². The third kappa shape index (κ3) is 3.84. The summed E-state index contributed by atoms with van der Waals surface area (Å²) in [5.74, 6) is -0.994. The first-order chi connectivity index (χ1) is 17.7. The summed E-state index contributed by atoms with van der Waals surface area (Å²) < 4.78 is 45.7. The van der Waals surface area contributed by atoms with E-state index in [9.17, 15) is 18.0 Å². The normalized spacial score (nSPS) is 16.1. The van der Waals surface area contributed by atoms with Gasteiger partial charge in [0, 0.05) is 31.1 Å². The number of hydrogen-bond donors (Lipinski definition) is 1. The van der Waals surface area contributed by atoms with Gasteiger partial charge in [0.1, 0.15) is 11.7 Å². The molecule has 5 aromatic heterocycles. The Labute approximate surface area is 206 Å². The quantitative estimate of drug-likeness (QED) is 0.390. The van der Waals surface area contributed by atoms with Crippen LogP contribution in [0.2, 0.25) is 0 Å². The molecule has 6 rings (SSSR count). The summed E-state index contributed by atoms with van der Waals surface area (Å²) in [4.78, 5) is 22.7. The lowest BCUT2D eigenvalue weighted by atomic mass is 9.98. The van der Waals surface area contributed by atoms with Gasteiger partial charge in [0.15, 0.2) is 0 Å². The molecule has 0 fully saturated rings. The fraction of sp³-hybridized carbons (Fsp3) is 0.304. The highest BCUT2D eigenvalue weighted by Crippen LogP contribution is 2.35. The molecule has 0 saturated carbocycles. The number of halogens is 3. The molecule has 6 heterocycles. The number of hydrogen-bond acceptors (Lipinski definition) is 7. The van der Waals surface area contributed by atoms with Gasteiger partial charge >= 0.3 is 18.1 Å². The summed E-state index contributed by atoms with van der Waals surface area (Å²) in [6.45, 7) is 4.49. The highest BCUT2D eigenvalue weighted by molar-refractivity contribution is 5.90. The van der Waals surface area contributed by atoms with Crippen LogP contribution in [0.5, 0.6) is 0 Å². The van der Waals surface area contributed by atoms with E-state index in [1.807, 2.05) is 24.4 Å². The number of aromatic amines is 1. The molecule has 0 radical (unpaired) electrons. The molecule has 0 aromatic carbocycles. The Morgan fingerprint density at radius 1 is 1.19 bits per heavy atom. The van der Waals surface area contributed by atoms with E-state index in [0.29, 0.717) is 24.4 Å². The topological polar surface area (TPSA) is 123 Å². The van der Waals surface area contributed by atoms with Gasteiger partial charge in [0.2, 0.25) is 0 Å². The molecule has 5 aromatic rings. The Morgan fingerprint density at radius 3 is 2.78 bits per heavy atom. The van der Waals surface area contributed by atoms with Gasteiger partial charge in [-0.05, 0) is 29.7 Å². The van der Waals surface area contributed by atoms with E-state index in [1.54, 1.807) is 10.8 Å². The maximum absolute atomic E-state index is 13.6. The SMILES string of the molecule is CC(C)c1cccn2nc(C3c4nc[nH]c4CCN3C(=O)c3nnc(-c4ccn(C(F)(F)F)n4)o3)cc12. The summed E-state index contributed by atoms with van der Waals surface area (Å²) in [6, 6.07) is 6.34. The van der Waals surface area contributed by atoms with Crippen molar-refractivity contribution in [1.82, 2.24) is 44.5 Å². The second-order valence-electron chi connectivity index (χ2n) is 8.96. The van der Waals surface area contributed by atoms with Crippen LogP contribution in [-0.2, 0) is 12.7 Å². The number of rotatable bonds is 4. The molecule has 37 heavy (non-hydrogen) atoms. The highest BCUT2D eigenvalue weighted by Gasteiger charge is 2.38. The van der Waals surface area contributed by atoms with Crippen LogP contribution in [0.4, 0.5) is 13.2 Å². The molecule has 0 spiro atoms. The van der Waals surface area contributed by atoms with E-state index < -0.39 is 18.2 Å². The molecule has 0 aliphatic carbocycles. The van der Waals surface area contributed by atoms with Gasteiger partial charge < -0.3 is 14.3 Å². The van der Waals surface area contributed by atoms with Gasteiger partial charge in [0.05, 0.1) is 23.2 Å². The Hall–Kier alpha value is -4.49. The van der Waals surface area contributed by atoms with Crippen LogP contribution in [-0.4, -0.2) is 56.9 Å². The van der Waals surface area contributed by atoms with Gasteiger partial charge in [-0.25, -0.2) is 9.50 Å².